The SMILES string of the molecule is Cc1ccc(O)c(C2[C@H](C)C(C)[C@@H](C)[C@H]2C)c1. The molecule has 0 spiro atoms. The van der Waals surface area contributed by atoms with Gasteiger partial charge < -0.3 is 5.11 Å². The van der Waals surface area contributed by atoms with E-state index in [0.717, 1.165) is 17.4 Å². The molecule has 1 nitrogen and oxygen atoms in total. The molecule has 1 aromatic carbocycles. The second kappa shape index (κ2) is 4.36. The molecule has 1 aromatic rings. The predicted octanol–water partition coefficient (Wildman–Crippen LogP) is 4.34. The van der Waals surface area contributed by atoms with Crippen molar-refractivity contribution in [2.24, 2.45) is 23.7 Å². The predicted molar refractivity (Wildman–Crippen MR) is 72.2 cm³/mol. The van der Waals surface area contributed by atoms with Crippen molar-refractivity contribution in [3.8, 4) is 5.75 Å². The molecule has 94 valence electrons. The van der Waals surface area contributed by atoms with E-state index in [0.29, 0.717) is 23.5 Å². The monoisotopic (exact) mass is 232 g/mol. The van der Waals surface area contributed by atoms with E-state index in [1.807, 2.05) is 12.1 Å². The van der Waals surface area contributed by atoms with Crippen LogP contribution in [0.2, 0.25) is 0 Å². The summed E-state index contributed by atoms with van der Waals surface area (Å²) in [4.78, 5) is 0. The minimum absolute atomic E-state index is 0.473. The van der Waals surface area contributed by atoms with Crippen molar-refractivity contribution in [3.63, 3.8) is 0 Å². The Morgan fingerprint density at radius 2 is 1.41 bits per heavy atom. The Hall–Kier alpha value is -0.980. The van der Waals surface area contributed by atoms with Crippen molar-refractivity contribution in [2.75, 3.05) is 0 Å². The Morgan fingerprint density at radius 3 is 1.94 bits per heavy atom. The molecule has 0 saturated heterocycles. The summed E-state index contributed by atoms with van der Waals surface area (Å²) in [7, 11) is 0. The molecule has 1 N–H and O–H groups in total. The Kier molecular flexibility index (Phi) is 3.20. The van der Waals surface area contributed by atoms with E-state index in [9.17, 15) is 5.11 Å². The van der Waals surface area contributed by atoms with Crippen LogP contribution in [0.1, 0.15) is 44.7 Å². The van der Waals surface area contributed by atoms with Gasteiger partial charge in [-0.2, -0.15) is 0 Å². The molecule has 1 heteroatoms. The molecule has 0 radical (unpaired) electrons. The fourth-order valence-corrected chi connectivity index (χ4v) is 3.60. The van der Waals surface area contributed by atoms with Crippen LogP contribution < -0.4 is 0 Å². The first-order chi connectivity index (χ1) is 7.93. The Balaban J connectivity index is 2.43. The summed E-state index contributed by atoms with van der Waals surface area (Å²) in [6.45, 7) is 11.5. The van der Waals surface area contributed by atoms with Crippen LogP contribution in [0, 0.1) is 30.6 Å². The quantitative estimate of drug-likeness (QED) is 0.763. The summed E-state index contributed by atoms with van der Waals surface area (Å²) < 4.78 is 0. The first-order valence-corrected chi connectivity index (χ1v) is 6.73. The molecule has 2 rings (SSSR count). The van der Waals surface area contributed by atoms with Gasteiger partial charge in [0.05, 0.1) is 0 Å². The highest BCUT2D eigenvalue weighted by Crippen LogP contribution is 2.52. The summed E-state index contributed by atoms with van der Waals surface area (Å²) in [5, 5.41) is 10.1. The van der Waals surface area contributed by atoms with E-state index < -0.39 is 0 Å². The molecule has 5 atom stereocenters. The molecule has 2 unspecified atom stereocenters. The number of aromatic hydroxyl groups is 1. The van der Waals surface area contributed by atoms with E-state index in [-0.39, 0.29) is 0 Å². The zero-order valence-electron chi connectivity index (χ0n) is 11.6. The van der Waals surface area contributed by atoms with Crippen LogP contribution in [0.5, 0.6) is 5.75 Å². The molecule has 1 saturated carbocycles. The molecule has 17 heavy (non-hydrogen) atoms. The van der Waals surface area contributed by atoms with Gasteiger partial charge in [-0.25, -0.2) is 0 Å². The fourth-order valence-electron chi connectivity index (χ4n) is 3.60. The topological polar surface area (TPSA) is 20.2 Å². The first kappa shape index (κ1) is 12.5. The van der Waals surface area contributed by atoms with Gasteiger partial charge >= 0.3 is 0 Å². The minimum atomic E-state index is 0.473. The maximum absolute atomic E-state index is 10.1. The first-order valence-electron chi connectivity index (χ1n) is 6.73. The molecule has 0 heterocycles. The molecule has 0 aliphatic heterocycles. The third kappa shape index (κ3) is 1.96. The Morgan fingerprint density at radius 1 is 0.882 bits per heavy atom. The lowest BCUT2D eigenvalue weighted by molar-refractivity contribution is 0.352. The average Bonchev–Trinajstić information content (AvgIpc) is 2.48. The van der Waals surface area contributed by atoms with Crippen LogP contribution in [0.4, 0.5) is 0 Å². The number of benzene rings is 1. The number of aryl methyl sites for hydroxylation is 1. The second-order valence-electron chi connectivity index (χ2n) is 6.02. The van der Waals surface area contributed by atoms with E-state index in [1.54, 1.807) is 0 Å². The zero-order chi connectivity index (χ0) is 12.7. The molecule has 0 bridgehead atoms. The number of phenolic OH excluding ortho intramolecular Hbond substituents is 1. The van der Waals surface area contributed by atoms with Gasteiger partial charge in [-0.3, -0.25) is 0 Å². The third-order valence-corrected chi connectivity index (χ3v) is 5.16. The van der Waals surface area contributed by atoms with E-state index in [4.69, 9.17) is 0 Å². The summed E-state index contributed by atoms with van der Waals surface area (Å²) in [5.41, 5.74) is 2.39. The van der Waals surface area contributed by atoms with Crippen molar-refractivity contribution >= 4 is 0 Å². The van der Waals surface area contributed by atoms with Crippen LogP contribution in [-0.4, -0.2) is 5.11 Å². The maximum atomic E-state index is 10.1. The molecule has 0 aromatic heterocycles. The van der Waals surface area contributed by atoms with Crippen molar-refractivity contribution in [1.29, 1.82) is 0 Å². The smallest absolute Gasteiger partial charge is 0.119 e. The molecule has 1 aliphatic rings. The summed E-state index contributed by atoms with van der Waals surface area (Å²) in [5.74, 6) is 3.73. The highest BCUT2D eigenvalue weighted by atomic mass is 16.3. The minimum Gasteiger partial charge on any atom is -0.508 e. The van der Waals surface area contributed by atoms with Crippen molar-refractivity contribution in [2.45, 2.75) is 40.5 Å². The van der Waals surface area contributed by atoms with Crippen LogP contribution in [-0.2, 0) is 0 Å². The van der Waals surface area contributed by atoms with Crippen LogP contribution in [0.3, 0.4) is 0 Å². The highest BCUT2D eigenvalue weighted by Gasteiger charge is 2.42. The van der Waals surface area contributed by atoms with Gasteiger partial charge in [0, 0.05) is 0 Å². The Labute approximate surface area is 105 Å². The zero-order valence-corrected chi connectivity index (χ0v) is 11.6. The summed E-state index contributed by atoms with van der Waals surface area (Å²) in [6, 6.07) is 5.99. The fraction of sp³-hybridized carbons (Fsp3) is 0.625. The van der Waals surface area contributed by atoms with Crippen molar-refractivity contribution < 1.29 is 5.11 Å². The lowest BCUT2D eigenvalue weighted by Crippen LogP contribution is -2.11. The molecule has 1 aliphatic carbocycles. The normalized spacial score (nSPS) is 37.4. The van der Waals surface area contributed by atoms with E-state index in [1.165, 1.54) is 5.56 Å². The van der Waals surface area contributed by atoms with Gasteiger partial charge in [0.25, 0.3) is 0 Å². The number of hydrogen-bond acceptors (Lipinski definition) is 1. The third-order valence-electron chi connectivity index (χ3n) is 5.16. The van der Waals surface area contributed by atoms with Crippen molar-refractivity contribution in [3.05, 3.63) is 29.3 Å². The van der Waals surface area contributed by atoms with E-state index in [2.05, 4.69) is 40.7 Å². The van der Waals surface area contributed by atoms with Crippen molar-refractivity contribution in [1.82, 2.24) is 0 Å². The maximum Gasteiger partial charge on any atom is 0.119 e. The van der Waals surface area contributed by atoms with Gasteiger partial charge in [-0.1, -0.05) is 45.4 Å². The summed E-state index contributed by atoms with van der Waals surface area (Å²) >= 11 is 0. The summed E-state index contributed by atoms with van der Waals surface area (Å²) in [6.07, 6.45) is 0. The number of hydrogen-bond donors (Lipinski definition) is 1. The lowest BCUT2D eigenvalue weighted by Gasteiger charge is -2.23. The van der Waals surface area contributed by atoms with Gasteiger partial charge in [0.2, 0.25) is 0 Å². The van der Waals surface area contributed by atoms with Gasteiger partial charge in [-0.05, 0) is 48.1 Å². The van der Waals surface area contributed by atoms with E-state index >= 15 is 0 Å². The number of rotatable bonds is 1. The standard InChI is InChI=1S/C16H24O/c1-9-6-7-15(17)14(8-9)16-12(4)10(2)11(3)13(16)5/h6-8,10-13,16-17H,1-5H3/t10-,11?,12-,13-,16?/m1/s1. The van der Waals surface area contributed by atoms with Crippen LogP contribution in [0.25, 0.3) is 0 Å². The largest absolute Gasteiger partial charge is 0.508 e. The average molecular weight is 232 g/mol. The van der Waals surface area contributed by atoms with Gasteiger partial charge in [0.15, 0.2) is 0 Å². The van der Waals surface area contributed by atoms with Gasteiger partial charge in [-0.15, -0.1) is 0 Å². The van der Waals surface area contributed by atoms with Gasteiger partial charge in [0.1, 0.15) is 5.75 Å². The molecular formula is C16H24O. The highest BCUT2D eigenvalue weighted by molar-refractivity contribution is 5.39. The van der Waals surface area contributed by atoms with Crippen LogP contribution >= 0.6 is 0 Å². The molecule has 0 amide bonds. The molecule has 1 fully saturated rings. The molecular weight excluding hydrogens is 208 g/mol. The number of phenols is 1. The second-order valence-corrected chi connectivity index (χ2v) is 6.02. The Bertz CT molecular complexity index is 396. The van der Waals surface area contributed by atoms with Crippen LogP contribution in [0.15, 0.2) is 18.2 Å². The lowest BCUT2D eigenvalue weighted by atomic mass is 9.82.